The van der Waals surface area contributed by atoms with Crippen molar-refractivity contribution in [3.05, 3.63) is 120 Å². The van der Waals surface area contributed by atoms with Gasteiger partial charge in [0, 0.05) is 37.6 Å². The topological polar surface area (TPSA) is 475 Å². The first kappa shape index (κ1) is 62.8. The highest BCUT2D eigenvalue weighted by atomic mass is 16.4. The van der Waals surface area contributed by atoms with Gasteiger partial charge in [-0.05, 0) is 35.7 Å². The highest BCUT2D eigenvalue weighted by molar-refractivity contribution is 5.99. The van der Waals surface area contributed by atoms with Gasteiger partial charge in [0.05, 0.1) is 44.9 Å². The Hall–Kier alpha value is -9.77. The number of imidazole rings is 1. The van der Waals surface area contributed by atoms with Crippen molar-refractivity contribution in [2.45, 2.75) is 93.8 Å². The number of carbonyl (C=O) groups excluding carboxylic acids is 10. The number of H-pyrrole nitrogens is 1. The average molecular weight is 1110 g/mol. The van der Waals surface area contributed by atoms with Gasteiger partial charge in [-0.25, -0.2) is 9.78 Å². The molecule has 0 aliphatic carbocycles. The molecular formula is C51H63N13O16. The minimum atomic E-state index is -1.89. The van der Waals surface area contributed by atoms with Crippen molar-refractivity contribution in [3.63, 3.8) is 0 Å². The number of carboxylic acid groups (broad SMARTS) is 2. The van der Waals surface area contributed by atoms with Crippen LogP contribution in [0.25, 0.3) is 0 Å². The van der Waals surface area contributed by atoms with Crippen molar-refractivity contribution in [1.29, 1.82) is 0 Å². The molecule has 0 saturated heterocycles. The van der Waals surface area contributed by atoms with Crippen LogP contribution < -0.4 is 59.3 Å². The molecule has 8 atom stereocenters. The second-order valence-electron chi connectivity index (χ2n) is 18.1. The molecule has 428 valence electrons. The summed E-state index contributed by atoms with van der Waals surface area (Å²) in [5, 5.41) is 59.3. The van der Waals surface area contributed by atoms with E-state index in [0.717, 1.165) is 0 Å². The number of carboxylic acids is 2. The number of nitrogens with zero attached hydrogens (tertiary/aromatic N) is 1. The third-order valence-corrected chi connectivity index (χ3v) is 11.7. The molecule has 0 aliphatic rings. The molecule has 0 unspecified atom stereocenters. The third kappa shape index (κ3) is 21.7. The second kappa shape index (κ2) is 31.5. The summed E-state index contributed by atoms with van der Waals surface area (Å²) in [6, 6.07) is 9.85. The van der Waals surface area contributed by atoms with Crippen molar-refractivity contribution in [1.82, 2.24) is 57.8 Å². The number of nitrogens with one attached hydrogen (secondary N) is 10. The Balaban J connectivity index is 1.41. The van der Waals surface area contributed by atoms with Crippen LogP contribution in [0.4, 0.5) is 0 Å². The summed E-state index contributed by atoms with van der Waals surface area (Å²) < 4.78 is 0. The third-order valence-electron chi connectivity index (χ3n) is 11.7. The molecule has 80 heavy (non-hydrogen) atoms. The van der Waals surface area contributed by atoms with Crippen LogP contribution in [0.1, 0.15) is 42.1 Å². The summed E-state index contributed by atoms with van der Waals surface area (Å²) in [6.07, 6.45) is 0.326. The van der Waals surface area contributed by atoms with E-state index in [4.69, 9.17) is 11.5 Å². The first-order valence-corrected chi connectivity index (χ1v) is 24.6. The Labute approximate surface area is 456 Å². The zero-order valence-corrected chi connectivity index (χ0v) is 43.0. The molecule has 0 bridgehead atoms. The lowest BCUT2D eigenvalue weighted by atomic mass is 10.0. The van der Waals surface area contributed by atoms with Gasteiger partial charge in [-0.3, -0.25) is 52.7 Å². The van der Waals surface area contributed by atoms with Crippen molar-refractivity contribution < 1.29 is 78.0 Å². The SMILES string of the molecule is C[C@H](NC(=O)[C@H](Cc1ccccc1)NC(=O)[C@H](CC(N)=O)NC(=O)CNC(=O)[C@H](CC(=O)O)NC(=O)[C@H](CO)NC(=O)[C@@H](N)Cc1cnc[nH]1)C(=O)N[C@@H](Cc1ccccc1)C(=O)NCC(=O)N[C@@H](Cc1ccc(O)cc1)C(=O)O. The van der Waals surface area contributed by atoms with Gasteiger partial charge in [-0.15, -0.1) is 0 Å². The molecule has 10 amide bonds. The number of benzene rings is 3. The average Bonchev–Trinajstić information content (AvgIpc) is 3.93. The minimum Gasteiger partial charge on any atom is -0.508 e. The van der Waals surface area contributed by atoms with Gasteiger partial charge in [0.1, 0.15) is 48.0 Å². The number of amides is 10. The molecule has 18 N–H and O–H groups in total. The van der Waals surface area contributed by atoms with Crippen LogP contribution in [-0.4, -0.2) is 169 Å². The molecular weight excluding hydrogens is 1050 g/mol. The largest absolute Gasteiger partial charge is 0.508 e. The van der Waals surface area contributed by atoms with E-state index in [9.17, 15) is 78.0 Å². The number of carbonyl (C=O) groups is 12. The summed E-state index contributed by atoms with van der Waals surface area (Å²) in [4.78, 5) is 162. The number of aromatic amines is 1. The number of aliphatic hydroxyl groups excluding tert-OH is 1. The summed E-state index contributed by atoms with van der Waals surface area (Å²) in [7, 11) is 0. The number of phenolic OH excluding ortho intramolecular Hbond substituents is 1. The maximum atomic E-state index is 14.0. The Morgan fingerprint density at radius 1 is 0.525 bits per heavy atom. The van der Waals surface area contributed by atoms with E-state index < -0.39 is 152 Å². The minimum absolute atomic E-state index is 0.0363. The number of primary amides is 1. The monoisotopic (exact) mass is 1110 g/mol. The molecule has 1 heterocycles. The number of aromatic nitrogens is 2. The Morgan fingerprint density at radius 2 is 0.975 bits per heavy atom. The first-order valence-electron chi connectivity index (χ1n) is 24.6. The number of hydrogen-bond donors (Lipinski definition) is 16. The van der Waals surface area contributed by atoms with Gasteiger partial charge in [0.25, 0.3) is 0 Å². The number of phenols is 1. The van der Waals surface area contributed by atoms with Crippen LogP contribution >= 0.6 is 0 Å². The fraction of sp³-hybridized carbons (Fsp3) is 0.353. The molecule has 0 fully saturated rings. The van der Waals surface area contributed by atoms with Gasteiger partial charge < -0.3 is 84.7 Å². The van der Waals surface area contributed by atoms with E-state index in [2.05, 4.69) is 57.8 Å². The lowest BCUT2D eigenvalue weighted by Crippen LogP contribution is -2.59. The van der Waals surface area contributed by atoms with Gasteiger partial charge in [-0.1, -0.05) is 72.8 Å². The number of rotatable bonds is 32. The smallest absolute Gasteiger partial charge is 0.326 e. The quantitative estimate of drug-likeness (QED) is 0.0217. The van der Waals surface area contributed by atoms with E-state index in [1.54, 1.807) is 60.7 Å². The van der Waals surface area contributed by atoms with Crippen LogP contribution in [0, 0.1) is 0 Å². The van der Waals surface area contributed by atoms with E-state index in [-0.39, 0.29) is 31.4 Å². The number of aliphatic carboxylic acids is 2. The van der Waals surface area contributed by atoms with Crippen LogP contribution in [0.15, 0.2) is 97.5 Å². The van der Waals surface area contributed by atoms with Crippen LogP contribution in [-0.2, 0) is 83.2 Å². The fourth-order valence-electron chi connectivity index (χ4n) is 7.47. The molecule has 0 radical (unpaired) electrons. The van der Waals surface area contributed by atoms with Crippen molar-refractivity contribution in [3.8, 4) is 5.75 Å². The summed E-state index contributed by atoms with van der Waals surface area (Å²) in [5.74, 6) is -13.3. The highest BCUT2D eigenvalue weighted by Crippen LogP contribution is 2.12. The highest BCUT2D eigenvalue weighted by Gasteiger charge is 2.33. The summed E-state index contributed by atoms with van der Waals surface area (Å²) in [6.45, 7) is -1.43. The molecule has 1 aromatic heterocycles. The summed E-state index contributed by atoms with van der Waals surface area (Å²) >= 11 is 0. The number of aliphatic hydroxyl groups is 1. The van der Waals surface area contributed by atoms with Gasteiger partial charge in [-0.2, -0.15) is 0 Å². The number of nitrogens with two attached hydrogens (primary N) is 2. The van der Waals surface area contributed by atoms with Crippen LogP contribution in [0.3, 0.4) is 0 Å². The fourth-order valence-corrected chi connectivity index (χ4v) is 7.47. The predicted octanol–water partition coefficient (Wildman–Crippen LogP) is -5.21. The number of hydrogen-bond acceptors (Lipinski definition) is 16. The van der Waals surface area contributed by atoms with Gasteiger partial charge in [0.2, 0.25) is 59.1 Å². The lowest BCUT2D eigenvalue weighted by molar-refractivity contribution is -0.142. The van der Waals surface area contributed by atoms with E-state index >= 15 is 0 Å². The zero-order chi connectivity index (χ0) is 58.9. The molecule has 3 aromatic carbocycles. The van der Waals surface area contributed by atoms with E-state index in [1.165, 1.54) is 43.7 Å². The Morgan fingerprint density at radius 3 is 1.49 bits per heavy atom. The first-order chi connectivity index (χ1) is 38.0. The van der Waals surface area contributed by atoms with Crippen LogP contribution in [0.5, 0.6) is 5.75 Å². The molecule has 29 nitrogen and oxygen atoms in total. The lowest BCUT2D eigenvalue weighted by Gasteiger charge is -2.25. The van der Waals surface area contributed by atoms with Crippen molar-refractivity contribution >= 4 is 71.0 Å². The predicted molar refractivity (Wildman–Crippen MR) is 278 cm³/mol. The van der Waals surface area contributed by atoms with Crippen molar-refractivity contribution in [2.75, 3.05) is 19.7 Å². The van der Waals surface area contributed by atoms with Gasteiger partial charge >= 0.3 is 11.9 Å². The maximum absolute atomic E-state index is 14.0. The van der Waals surface area contributed by atoms with E-state index in [1.807, 2.05) is 0 Å². The summed E-state index contributed by atoms with van der Waals surface area (Å²) in [5.41, 5.74) is 13.3. The van der Waals surface area contributed by atoms with E-state index in [0.29, 0.717) is 22.4 Å². The molecule has 4 aromatic rings. The van der Waals surface area contributed by atoms with Crippen molar-refractivity contribution in [2.24, 2.45) is 11.5 Å². The second-order valence-corrected chi connectivity index (χ2v) is 18.1. The Bertz CT molecular complexity index is 2810. The molecule has 4 rings (SSSR count). The number of aromatic hydroxyl groups is 1. The molecule has 0 aliphatic heterocycles. The normalized spacial score (nSPS) is 13.8. The zero-order valence-electron chi connectivity index (χ0n) is 43.0. The maximum Gasteiger partial charge on any atom is 0.326 e. The Kier molecular flexibility index (Phi) is 24.7. The van der Waals surface area contributed by atoms with Gasteiger partial charge in [0.15, 0.2) is 0 Å². The molecule has 29 heteroatoms. The molecule has 0 spiro atoms. The standard InChI is InChI=1S/C51H63N13O16/c1-27(44(72)61-34(16-28-8-4-2-5-9-28)46(74)55-24-42(69)60-38(51(79)80)18-30-12-14-32(66)15-13-30)58-48(76)35(17-29-10-6-3-7-11-29)62-49(77)36(20-40(53)67)59-41(68)23-56-47(75)37(21-43(70)71)63-50(78)39(25-65)64-45(73)33(52)19-31-22-54-26-57-31/h2-15,22,26-27,33-39,65-66H,16-21,23-25,52H2,1H3,(H2,53,67)(H,54,57)(H,55,74)(H,56,75)(H,58,76)(H,59,68)(H,60,69)(H,61,72)(H,62,77)(H,63,78)(H,64,73)(H,70,71)(H,79,80)/t27-,33-,34-,35-,36-,37-,38-,39-/m0/s1. The van der Waals surface area contributed by atoms with Crippen LogP contribution in [0.2, 0.25) is 0 Å². The molecule has 0 saturated carbocycles.